The number of benzene rings is 2. The molecule has 0 radical (unpaired) electrons. The summed E-state index contributed by atoms with van der Waals surface area (Å²) in [5.41, 5.74) is 1.41. The van der Waals surface area contributed by atoms with Crippen LogP contribution in [0.4, 0.5) is 5.69 Å². The number of unbranched alkanes of at least 4 members (excludes halogenated alkanes) is 9. The lowest BCUT2D eigenvalue weighted by molar-refractivity contribution is -0.0154. The average molecular weight is 685 g/mol. The SMILES string of the molecule is C=CCC(CC)(C(=O)c1ccc(N2CCOCC2)cc1)N1CCOCC1.CCCCCCCCCCCCOS(=O)(=O)c1ccccc1. The van der Waals surface area contributed by atoms with Gasteiger partial charge in [-0.1, -0.05) is 95.9 Å². The minimum absolute atomic E-state index is 0.190. The van der Waals surface area contributed by atoms with Crippen molar-refractivity contribution in [2.45, 2.75) is 101 Å². The highest BCUT2D eigenvalue weighted by atomic mass is 32.2. The number of hydrogen-bond donors (Lipinski definition) is 0. The number of hydrogen-bond acceptors (Lipinski definition) is 8. The number of Topliss-reactive ketones (excluding diaryl/α,β-unsaturated/α-hetero) is 1. The van der Waals surface area contributed by atoms with Gasteiger partial charge in [0.1, 0.15) is 0 Å². The maximum atomic E-state index is 13.5. The molecule has 0 N–H and O–H groups in total. The number of nitrogens with zero attached hydrogens (tertiary/aromatic N) is 2. The minimum Gasteiger partial charge on any atom is -0.379 e. The maximum Gasteiger partial charge on any atom is 0.296 e. The van der Waals surface area contributed by atoms with Gasteiger partial charge in [-0.25, -0.2) is 0 Å². The van der Waals surface area contributed by atoms with Crippen LogP contribution in [0.2, 0.25) is 0 Å². The summed E-state index contributed by atoms with van der Waals surface area (Å²) in [5, 5.41) is 0. The molecule has 1 atom stereocenters. The normalized spacial score (nSPS) is 16.8. The number of carbonyl (C=O) groups is 1. The van der Waals surface area contributed by atoms with Crippen molar-refractivity contribution in [1.29, 1.82) is 0 Å². The van der Waals surface area contributed by atoms with E-state index in [1.54, 1.807) is 30.3 Å². The standard InChI is InChI=1S/C21H30N2O3.C18H30O3S/c1-3-9-21(4-2,23-12-16-26-17-13-23)20(24)18-5-7-19(8-6-18)22-10-14-25-15-11-22;1-2-3-4-5-6-7-8-9-10-14-17-21-22(19,20)18-15-12-11-13-16-18/h3,5-8H,1,4,9-17H2,2H3;11-13,15-16H,2-10,14,17H2,1H3. The van der Waals surface area contributed by atoms with E-state index in [0.717, 1.165) is 69.9 Å². The van der Waals surface area contributed by atoms with Crippen molar-refractivity contribution in [3.8, 4) is 0 Å². The van der Waals surface area contributed by atoms with Gasteiger partial charge >= 0.3 is 0 Å². The second-order valence-corrected chi connectivity index (χ2v) is 14.3. The first-order valence-electron chi connectivity index (χ1n) is 18.2. The lowest BCUT2D eigenvalue weighted by Crippen LogP contribution is -2.57. The predicted octanol–water partition coefficient (Wildman–Crippen LogP) is 8.08. The molecule has 2 aromatic carbocycles. The van der Waals surface area contributed by atoms with Crippen LogP contribution in [0.5, 0.6) is 0 Å². The van der Waals surface area contributed by atoms with Gasteiger partial charge in [0.2, 0.25) is 0 Å². The summed E-state index contributed by atoms with van der Waals surface area (Å²) in [6, 6.07) is 16.4. The molecule has 0 aromatic heterocycles. The molecule has 2 heterocycles. The zero-order chi connectivity index (χ0) is 34.5. The van der Waals surface area contributed by atoms with E-state index in [1.807, 2.05) is 18.2 Å². The Morgan fingerprint density at radius 3 is 1.88 bits per heavy atom. The van der Waals surface area contributed by atoms with Crippen molar-refractivity contribution in [2.24, 2.45) is 0 Å². The van der Waals surface area contributed by atoms with Crippen LogP contribution < -0.4 is 4.90 Å². The summed E-state index contributed by atoms with van der Waals surface area (Å²) >= 11 is 0. The fourth-order valence-corrected chi connectivity index (χ4v) is 7.42. The smallest absolute Gasteiger partial charge is 0.296 e. The molecule has 2 saturated heterocycles. The molecule has 0 bridgehead atoms. The molecule has 9 heteroatoms. The quantitative estimate of drug-likeness (QED) is 0.0599. The van der Waals surface area contributed by atoms with E-state index in [4.69, 9.17) is 13.7 Å². The molecule has 2 aliphatic rings. The molecule has 2 aromatic rings. The lowest BCUT2D eigenvalue weighted by Gasteiger charge is -2.43. The van der Waals surface area contributed by atoms with Gasteiger partial charge < -0.3 is 14.4 Å². The second-order valence-electron chi connectivity index (χ2n) is 12.7. The van der Waals surface area contributed by atoms with Crippen molar-refractivity contribution in [1.82, 2.24) is 4.90 Å². The molecule has 2 fully saturated rings. The van der Waals surface area contributed by atoms with Gasteiger partial charge in [0.05, 0.1) is 43.5 Å². The van der Waals surface area contributed by atoms with E-state index in [-0.39, 0.29) is 17.3 Å². The molecule has 0 amide bonds. The number of anilines is 1. The molecular weight excluding hydrogens is 625 g/mol. The Morgan fingerprint density at radius 1 is 0.792 bits per heavy atom. The predicted molar refractivity (Wildman–Crippen MR) is 195 cm³/mol. The van der Waals surface area contributed by atoms with Gasteiger partial charge in [-0.15, -0.1) is 6.58 Å². The van der Waals surface area contributed by atoms with Crippen LogP contribution in [0, 0.1) is 0 Å². The average Bonchev–Trinajstić information content (AvgIpc) is 3.14. The number of ether oxygens (including phenoxy) is 2. The summed E-state index contributed by atoms with van der Waals surface area (Å²) in [6.45, 7) is 14.8. The third-order valence-electron chi connectivity index (χ3n) is 9.38. The molecule has 2 aliphatic heterocycles. The van der Waals surface area contributed by atoms with E-state index in [0.29, 0.717) is 19.6 Å². The molecule has 1 unspecified atom stereocenters. The Labute approximate surface area is 291 Å². The van der Waals surface area contributed by atoms with Crippen molar-refractivity contribution < 1.29 is 26.9 Å². The largest absolute Gasteiger partial charge is 0.379 e. The zero-order valence-electron chi connectivity index (χ0n) is 29.6. The molecule has 0 saturated carbocycles. The maximum absolute atomic E-state index is 13.5. The number of carbonyl (C=O) groups excluding carboxylic acids is 1. The van der Waals surface area contributed by atoms with Crippen LogP contribution >= 0.6 is 0 Å². The van der Waals surface area contributed by atoms with Crippen LogP contribution in [0.1, 0.15) is 101 Å². The minimum atomic E-state index is -3.57. The van der Waals surface area contributed by atoms with Gasteiger partial charge in [-0.2, -0.15) is 8.42 Å². The first kappa shape index (κ1) is 39.9. The van der Waals surface area contributed by atoms with Gasteiger partial charge in [0, 0.05) is 37.4 Å². The van der Waals surface area contributed by atoms with Crippen molar-refractivity contribution >= 4 is 21.6 Å². The van der Waals surface area contributed by atoms with Crippen molar-refractivity contribution in [3.05, 3.63) is 72.8 Å². The van der Waals surface area contributed by atoms with Crippen LogP contribution in [-0.4, -0.2) is 83.9 Å². The summed E-state index contributed by atoms with van der Waals surface area (Å²) in [6.07, 6.45) is 15.6. The second kappa shape index (κ2) is 22.2. The molecule has 0 aliphatic carbocycles. The third kappa shape index (κ3) is 12.7. The summed E-state index contributed by atoms with van der Waals surface area (Å²) in [5.74, 6) is 0.190. The fourth-order valence-electron chi connectivity index (χ4n) is 6.45. The summed E-state index contributed by atoms with van der Waals surface area (Å²) in [4.78, 5) is 18.3. The van der Waals surface area contributed by atoms with E-state index in [1.165, 1.54) is 51.4 Å². The molecule has 268 valence electrons. The Bertz CT molecular complexity index is 1280. The zero-order valence-corrected chi connectivity index (χ0v) is 30.4. The number of morpholine rings is 2. The van der Waals surface area contributed by atoms with E-state index >= 15 is 0 Å². The van der Waals surface area contributed by atoms with Crippen LogP contribution in [0.15, 0.2) is 72.1 Å². The van der Waals surface area contributed by atoms with Crippen molar-refractivity contribution in [2.75, 3.05) is 64.1 Å². The Kier molecular flexibility index (Phi) is 18.5. The van der Waals surface area contributed by atoms with Crippen molar-refractivity contribution in [3.63, 3.8) is 0 Å². The van der Waals surface area contributed by atoms with Gasteiger partial charge in [-0.3, -0.25) is 13.9 Å². The first-order valence-corrected chi connectivity index (χ1v) is 19.6. The highest BCUT2D eigenvalue weighted by Gasteiger charge is 2.42. The highest BCUT2D eigenvalue weighted by molar-refractivity contribution is 7.86. The first-order chi connectivity index (χ1) is 23.4. The number of rotatable bonds is 20. The molecule has 48 heavy (non-hydrogen) atoms. The van der Waals surface area contributed by atoms with Gasteiger partial charge in [0.25, 0.3) is 10.1 Å². The Balaban J connectivity index is 0.000000265. The molecule has 4 rings (SSSR count). The van der Waals surface area contributed by atoms with Crippen LogP contribution in [0.25, 0.3) is 0 Å². The monoisotopic (exact) mass is 684 g/mol. The van der Waals surface area contributed by atoms with Crippen LogP contribution in [0.3, 0.4) is 0 Å². The van der Waals surface area contributed by atoms with E-state index < -0.39 is 15.7 Å². The lowest BCUT2D eigenvalue weighted by atomic mass is 9.81. The van der Waals surface area contributed by atoms with Gasteiger partial charge in [0.15, 0.2) is 5.78 Å². The van der Waals surface area contributed by atoms with Gasteiger partial charge in [-0.05, 0) is 55.7 Å². The third-order valence-corrected chi connectivity index (χ3v) is 10.7. The Hall–Kier alpha value is -2.56. The fraction of sp³-hybridized carbons (Fsp3) is 0.615. The summed E-state index contributed by atoms with van der Waals surface area (Å²) < 4.78 is 39.7. The Morgan fingerprint density at radius 2 is 1.33 bits per heavy atom. The van der Waals surface area contributed by atoms with E-state index in [2.05, 4.69) is 42.4 Å². The topological polar surface area (TPSA) is 85.4 Å². The molecular formula is C39H60N2O6S. The van der Waals surface area contributed by atoms with Crippen LogP contribution in [-0.2, 0) is 23.8 Å². The summed E-state index contributed by atoms with van der Waals surface area (Å²) in [7, 11) is -3.57. The number of ketones is 1. The highest BCUT2D eigenvalue weighted by Crippen LogP contribution is 2.31. The molecule has 0 spiro atoms. The van der Waals surface area contributed by atoms with E-state index in [9.17, 15) is 13.2 Å². The molecule has 8 nitrogen and oxygen atoms in total.